The summed E-state index contributed by atoms with van der Waals surface area (Å²) in [4.78, 5) is 57.0. The first-order valence-electron chi connectivity index (χ1n) is 8.55. The van der Waals surface area contributed by atoms with Gasteiger partial charge in [-0.2, -0.15) is 13.6 Å². The smallest absolute Gasteiger partial charge is 0.370 e. The van der Waals surface area contributed by atoms with Crippen LogP contribution in [0.4, 0.5) is 14.7 Å². The highest BCUT2D eigenvalue weighted by Crippen LogP contribution is 2.66. The van der Waals surface area contributed by atoms with E-state index in [2.05, 4.69) is 28.1 Å². The van der Waals surface area contributed by atoms with E-state index in [0.29, 0.717) is 4.57 Å². The van der Waals surface area contributed by atoms with Crippen molar-refractivity contribution in [2.24, 2.45) is 0 Å². The van der Waals surface area contributed by atoms with Crippen molar-refractivity contribution in [2.45, 2.75) is 23.9 Å². The van der Waals surface area contributed by atoms with Crippen molar-refractivity contribution in [1.82, 2.24) is 19.5 Å². The maximum atomic E-state index is 15.5. The van der Waals surface area contributed by atoms with Gasteiger partial charge in [0.05, 0.1) is 6.33 Å². The average Bonchev–Trinajstić information content (AvgIpc) is 3.17. The zero-order chi connectivity index (χ0) is 26.6. The number of imidazole rings is 1. The number of aromatic nitrogens is 4. The normalized spacial score (nSPS) is 30.6. The highest BCUT2D eigenvalue weighted by Gasteiger charge is 2.69. The number of ether oxygens (including phenoxy) is 1. The molecule has 3 heterocycles. The lowest BCUT2D eigenvalue weighted by atomic mass is 9.92. The van der Waals surface area contributed by atoms with Crippen LogP contribution in [0.25, 0.3) is 11.2 Å². The third-order valence-electron chi connectivity index (χ3n) is 4.30. The van der Waals surface area contributed by atoms with E-state index in [1.807, 2.05) is 0 Å². The maximum absolute atomic E-state index is 15.5. The number of phosphoric acid groups is 3. The van der Waals surface area contributed by atoms with Crippen LogP contribution in [-0.4, -0.2) is 68.4 Å². The van der Waals surface area contributed by atoms with Crippen LogP contribution in [0.3, 0.4) is 0 Å². The molecule has 6 unspecified atom stereocenters. The van der Waals surface area contributed by atoms with Gasteiger partial charge >= 0.3 is 23.5 Å². The number of halogens is 2. The average molecular weight is 567 g/mol. The molecule has 0 amide bonds. The molecule has 18 nitrogen and oxygen atoms in total. The Morgan fingerprint density at radius 2 is 1.91 bits per heavy atom. The second-order valence-corrected chi connectivity index (χ2v) is 11.1. The zero-order valence-corrected chi connectivity index (χ0v) is 19.2. The molecule has 194 valence electrons. The minimum Gasteiger partial charge on any atom is -0.370 e. The fourth-order valence-electron chi connectivity index (χ4n) is 2.88. The van der Waals surface area contributed by atoms with Gasteiger partial charge in [-0.15, -0.1) is 6.42 Å². The van der Waals surface area contributed by atoms with Crippen molar-refractivity contribution in [3.05, 3.63) is 16.7 Å². The van der Waals surface area contributed by atoms with Crippen molar-refractivity contribution < 1.29 is 65.0 Å². The molecule has 23 heteroatoms. The standard InChI is InChI=1S/C12H14F2N5O13P3/c1-2-11(21)6(13)9(19-4-16-5-7(19)17-10(15)18-8(5)20)30-12(11,14)3-29-34(25,26)32-35(27,28)31-33(22,23)24/h1,4,6,9,21H,3H2,(H,25,26)(H,27,28)(H2,22,23,24)(H3,15,17,18,20). The molecule has 1 saturated heterocycles. The van der Waals surface area contributed by atoms with Gasteiger partial charge in [0.2, 0.25) is 11.5 Å². The van der Waals surface area contributed by atoms with E-state index in [0.717, 1.165) is 6.33 Å². The predicted molar refractivity (Wildman–Crippen MR) is 105 cm³/mol. The highest BCUT2D eigenvalue weighted by atomic mass is 31.3. The summed E-state index contributed by atoms with van der Waals surface area (Å²) >= 11 is 0. The molecule has 0 aromatic carbocycles. The highest BCUT2D eigenvalue weighted by molar-refractivity contribution is 7.66. The summed E-state index contributed by atoms with van der Waals surface area (Å²) in [6, 6.07) is 0. The summed E-state index contributed by atoms with van der Waals surface area (Å²) < 4.78 is 81.0. The topological polar surface area (TPSA) is 279 Å². The molecule has 0 radical (unpaired) electrons. The number of phosphoric ester groups is 1. The van der Waals surface area contributed by atoms with E-state index in [1.54, 1.807) is 0 Å². The van der Waals surface area contributed by atoms with E-state index in [-0.39, 0.29) is 0 Å². The number of nitrogens with one attached hydrogen (secondary N) is 1. The number of nitrogen functional groups attached to an aromatic ring is 1. The second kappa shape index (κ2) is 8.78. The fraction of sp³-hybridized carbons (Fsp3) is 0.417. The summed E-state index contributed by atoms with van der Waals surface area (Å²) in [5.74, 6) is -2.96. The molecule has 8 N–H and O–H groups in total. The largest absolute Gasteiger partial charge is 0.490 e. The number of nitrogens with two attached hydrogens (primary N) is 1. The van der Waals surface area contributed by atoms with E-state index >= 15 is 8.78 Å². The van der Waals surface area contributed by atoms with Crippen LogP contribution < -0.4 is 11.3 Å². The van der Waals surface area contributed by atoms with Crippen LogP contribution in [0.5, 0.6) is 0 Å². The summed E-state index contributed by atoms with van der Waals surface area (Å²) in [6.07, 6.45) is 0.703. The molecule has 2 aromatic rings. The molecule has 0 aliphatic carbocycles. The number of alkyl halides is 2. The number of aromatic amines is 1. The molecule has 6 atom stereocenters. The molecule has 1 aliphatic heterocycles. The van der Waals surface area contributed by atoms with Gasteiger partial charge in [-0.3, -0.25) is 18.9 Å². The van der Waals surface area contributed by atoms with Gasteiger partial charge in [0.1, 0.15) is 6.61 Å². The summed E-state index contributed by atoms with van der Waals surface area (Å²) in [5, 5.41) is 10.4. The maximum Gasteiger partial charge on any atom is 0.490 e. The van der Waals surface area contributed by atoms with Crippen LogP contribution in [0.15, 0.2) is 11.1 Å². The Balaban J connectivity index is 1.90. The second-order valence-electron chi connectivity index (χ2n) is 6.69. The Hall–Kier alpha value is -2.10. The molecule has 2 aromatic heterocycles. The molecule has 1 aliphatic rings. The number of hydrogen-bond donors (Lipinski definition) is 7. The number of rotatable bonds is 8. The SMILES string of the molecule is C#CC1(O)C(F)C(n2cnc3c(=O)[nH]c(N)nc32)OC1(F)COP(=O)(O)OP(=O)(O)OP(=O)(O)O. The van der Waals surface area contributed by atoms with E-state index in [4.69, 9.17) is 31.6 Å². The zero-order valence-electron chi connectivity index (χ0n) is 16.5. The number of nitrogens with zero attached hydrogens (tertiary/aromatic N) is 3. The molecule has 0 spiro atoms. The van der Waals surface area contributed by atoms with E-state index < -0.39 is 76.6 Å². The number of anilines is 1. The van der Waals surface area contributed by atoms with Gasteiger partial charge in [-0.25, -0.2) is 27.5 Å². The Labute approximate surface area is 191 Å². The number of terminal acetylenes is 1. The Kier molecular flexibility index (Phi) is 6.90. The van der Waals surface area contributed by atoms with Crippen LogP contribution >= 0.6 is 23.5 Å². The third-order valence-corrected chi connectivity index (χ3v) is 8.08. The Bertz CT molecular complexity index is 1400. The van der Waals surface area contributed by atoms with E-state index in [9.17, 15) is 28.5 Å². The lowest BCUT2D eigenvalue weighted by Gasteiger charge is -2.30. The lowest BCUT2D eigenvalue weighted by molar-refractivity contribution is -0.222. The molecular formula is C12H14F2N5O13P3. The van der Waals surface area contributed by atoms with Crippen LogP contribution in [0.1, 0.15) is 6.23 Å². The van der Waals surface area contributed by atoms with Gasteiger partial charge in [0.25, 0.3) is 11.4 Å². The van der Waals surface area contributed by atoms with Gasteiger partial charge < -0.3 is 35.2 Å². The van der Waals surface area contributed by atoms with Crippen molar-refractivity contribution in [3.63, 3.8) is 0 Å². The van der Waals surface area contributed by atoms with Gasteiger partial charge in [0.15, 0.2) is 23.6 Å². The summed E-state index contributed by atoms with van der Waals surface area (Å²) in [6.45, 7) is -1.95. The number of aliphatic hydroxyl groups is 1. The summed E-state index contributed by atoms with van der Waals surface area (Å²) in [7, 11) is -17.6. The van der Waals surface area contributed by atoms with Crippen LogP contribution in [0, 0.1) is 12.3 Å². The first kappa shape index (κ1) is 27.5. The molecule has 35 heavy (non-hydrogen) atoms. The minimum atomic E-state index is -5.97. The lowest BCUT2D eigenvalue weighted by Crippen LogP contribution is -2.54. The monoisotopic (exact) mass is 567 g/mol. The van der Waals surface area contributed by atoms with Gasteiger partial charge in [0, 0.05) is 0 Å². The molecule has 3 rings (SSSR count). The van der Waals surface area contributed by atoms with Crippen molar-refractivity contribution in [3.8, 4) is 12.3 Å². The fourth-order valence-corrected chi connectivity index (χ4v) is 5.90. The number of hydrogen-bond acceptors (Lipinski definition) is 12. The Morgan fingerprint density at radius 1 is 1.29 bits per heavy atom. The quantitative estimate of drug-likeness (QED) is 0.148. The summed E-state index contributed by atoms with van der Waals surface area (Å²) in [5.41, 5.74) is 0.157. The molecule has 1 fully saturated rings. The minimum absolute atomic E-state index is 0.399. The van der Waals surface area contributed by atoms with Crippen molar-refractivity contribution in [1.29, 1.82) is 0 Å². The number of fused-ring (bicyclic) bond motifs is 1. The molecule has 0 bridgehead atoms. The third kappa shape index (κ3) is 5.37. The first-order valence-corrected chi connectivity index (χ1v) is 13.1. The van der Waals surface area contributed by atoms with Crippen LogP contribution in [-0.2, 0) is 31.6 Å². The Morgan fingerprint density at radius 3 is 2.49 bits per heavy atom. The van der Waals surface area contributed by atoms with E-state index in [1.165, 1.54) is 5.92 Å². The number of H-pyrrole nitrogens is 1. The van der Waals surface area contributed by atoms with Crippen molar-refractivity contribution in [2.75, 3.05) is 12.3 Å². The molecular weight excluding hydrogens is 553 g/mol. The van der Waals surface area contributed by atoms with Gasteiger partial charge in [-0.1, -0.05) is 5.92 Å². The first-order chi connectivity index (χ1) is 15.8. The van der Waals surface area contributed by atoms with Crippen LogP contribution in [0.2, 0.25) is 0 Å². The predicted octanol–water partition coefficient (Wildman–Crippen LogP) is -1.06. The van der Waals surface area contributed by atoms with Gasteiger partial charge in [-0.05, 0) is 0 Å². The van der Waals surface area contributed by atoms with Crippen molar-refractivity contribution >= 4 is 40.6 Å². The molecule has 0 saturated carbocycles.